The number of nitrogens with one attached hydrogen (secondary N) is 1. The minimum atomic E-state index is -2.13. The standard InChI is InChI=1S/C12H17BrN2O5SSi/c1-22(2,3)20-12(18)9-7(4-13)5-21(19)11-8(14-6-16)10(17)15(9)11/h6,8,11H,4-5H2,1-3H3,(H,14,16)/t8?,11-,21?/m0/s1. The van der Waals surface area contributed by atoms with Gasteiger partial charge in [0.1, 0.15) is 11.4 Å². The van der Waals surface area contributed by atoms with Gasteiger partial charge in [0.2, 0.25) is 20.1 Å². The highest BCUT2D eigenvalue weighted by Gasteiger charge is 2.60. The number of hydrogen-bond donors (Lipinski definition) is 1. The van der Waals surface area contributed by atoms with Crippen molar-refractivity contribution in [2.24, 2.45) is 0 Å². The summed E-state index contributed by atoms with van der Waals surface area (Å²) in [4.78, 5) is 36.4. The van der Waals surface area contributed by atoms with Crippen molar-refractivity contribution in [1.29, 1.82) is 0 Å². The van der Waals surface area contributed by atoms with Gasteiger partial charge < -0.3 is 14.3 Å². The Morgan fingerprint density at radius 1 is 1.59 bits per heavy atom. The van der Waals surface area contributed by atoms with E-state index in [4.69, 9.17) is 4.43 Å². The molecule has 7 nitrogen and oxygen atoms in total. The molecule has 122 valence electrons. The monoisotopic (exact) mass is 408 g/mol. The molecule has 0 spiro atoms. The van der Waals surface area contributed by atoms with E-state index in [0.29, 0.717) is 17.3 Å². The normalized spacial score (nSPS) is 28.0. The molecule has 1 N–H and O–H groups in total. The largest absolute Gasteiger partial charge is 0.614 e. The lowest BCUT2D eigenvalue weighted by molar-refractivity contribution is -0.149. The molecular weight excluding hydrogens is 392 g/mol. The number of β-lactam (4-membered cyclic amide) rings is 1. The molecule has 3 atom stereocenters. The number of nitrogens with zero attached hydrogens (tertiary/aromatic N) is 1. The molecule has 2 unspecified atom stereocenters. The Balaban J connectivity index is 2.35. The molecule has 0 saturated carbocycles. The Morgan fingerprint density at radius 2 is 2.23 bits per heavy atom. The van der Waals surface area contributed by atoms with Crippen molar-refractivity contribution < 1.29 is 23.4 Å². The van der Waals surface area contributed by atoms with Crippen molar-refractivity contribution in [3.8, 4) is 0 Å². The highest BCUT2D eigenvalue weighted by molar-refractivity contribution is 9.09. The Kier molecular flexibility index (Phi) is 5.05. The highest BCUT2D eigenvalue weighted by Crippen LogP contribution is 2.37. The molecule has 2 heterocycles. The van der Waals surface area contributed by atoms with Gasteiger partial charge >= 0.3 is 5.97 Å². The summed E-state index contributed by atoms with van der Waals surface area (Å²) in [6, 6.07) is -0.843. The average molecular weight is 409 g/mol. The summed E-state index contributed by atoms with van der Waals surface area (Å²) in [5, 5.41) is 1.99. The summed E-state index contributed by atoms with van der Waals surface area (Å²) in [6.07, 6.45) is 0.404. The molecule has 0 aliphatic carbocycles. The van der Waals surface area contributed by atoms with Gasteiger partial charge in [0.05, 0.1) is 0 Å². The fourth-order valence-corrected chi connectivity index (χ4v) is 5.44. The van der Waals surface area contributed by atoms with Crippen LogP contribution in [0, 0.1) is 0 Å². The van der Waals surface area contributed by atoms with Crippen LogP contribution >= 0.6 is 15.9 Å². The van der Waals surface area contributed by atoms with Crippen molar-refractivity contribution in [2.75, 3.05) is 11.1 Å². The fraction of sp³-hybridized carbons (Fsp3) is 0.583. The topological polar surface area (TPSA) is 98.8 Å². The van der Waals surface area contributed by atoms with E-state index in [0.717, 1.165) is 0 Å². The van der Waals surface area contributed by atoms with E-state index in [1.54, 1.807) is 0 Å². The number of halogens is 1. The molecule has 2 amide bonds. The van der Waals surface area contributed by atoms with Gasteiger partial charge in [0.25, 0.3) is 5.91 Å². The Bertz CT molecular complexity index is 550. The van der Waals surface area contributed by atoms with Gasteiger partial charge in [0, 0.05) is 10.9 Å². The molecular formula is C12H17BrN2O5SSi. The van der Waals surface area contributed by atoms with Crippen LogP contribution in [0.25, 0.3) is 0 Å². The van der Waals surface area contributed by atoms with Crippen LogP contribution in [0.2, 0.25) is 19.6 Å². The third-order valence-electron chi connectivity index (χ3n) is 3.21. The van der Waals surface area contributed by atoms with Gasteiger partial charge in [0.15, 0.2) is 6.04 Å². The minimum absolute atomic E-state index is 0.165. The maximum absolute atomic E-state index is 12.4. The van der Waals surface area contributed by atoms with E-state index in [1.165, 1.54) is 4.90 Å². The summed E-state index contributed by atoms with van der Waals surface area (Å²) in [5.41, 5.74) is 0.744. The molecule has 0 aromatic heterocycles. The number of carbonyl (C=O) groups excluding carboxylic acids is 3. The molecule has 0 aromatic rings. The van der Waals surface area contributed by atoms with Gasteiger partial charge in [-0.25, -0.2) is 4.79 Å². The first-order valence-electron chi connectivity index (χ1n) is 6.62. The van der Waals surface area contributed by atoms with Gasteiger partial charge in [-0.05, 0) is 30.8 Å². The van der Waals surface area contributed by atoms with Crippen LogP contribution in [0.1, 0.15) is 0 Å². The number of fused-ring (bicyclic) bond motifs is 1. The third kappa shape index (κ3) is 3.10. The lowest BCUT2D eigenvalue weighted by Gasteiger charge is -2.49. The molecule has 1 saturated heterocycles. The Hall–Kier alpha value is -0.843. The van der Waals surface area contributed by atoms with Crippen molar-refractivity contribution in [3.63, 3.8) is 0 Å². The molecule has 10 heteroatoms. The first kappa shape index (κ1) is 17.5. The molecule has 0 radical (unpaired) electrons. The van der Waals surface area contributed by atoms with Crippen LogP contribution in [-0.2, 0) is 30.0 Å². The summed E-state index contributed by atoms with van der Waals surface area (Å²) in [5.74, 6) is -0.827. The predicted molar refractivity (Wildman–Crippen MR) is 86.9 cm³/mol. The van der Waals surface area contributed by atoms with E-state index < -0.39 is 42.8 Å². The number of rotatable bonds is 5. The van der Waals surface area contributed by atoms with E-state index in [-0.39, 0.29) is 11.4 Å². The minimum Gasteiger partial charge on any atom is -0.614 e. The SMILES string of the molecule is C[Si](C)(C)OC(=O)C1=C(CBr)C[S+]([O-])[C@H]2C(NC=O)C(=O)N12. The maximum atomic E-state index is 12.4. The molecule has 2 aliphatic rings. The highest BCUT2D eigenvalue weighted by atomic mass is 79.9. The zero-order valence-electron chi connectivity index (χ0n) is 12.4. The second-order valence-electron chi connectivity index (χ2n) is 5.97. The maximum Gasteiger partial charge on any atom is 0.342 e. The second-order valence-corrected chi connectivity index (χ2v) is 12.5. The number of amides is 2. The van der Waals surface area contributed by atoms with Gasteiger partial charge in [-0.3, -0.25) is 14.5 Å². The quantitative estimate of drug-likeness (QED) is 0.228. The van der Waals surface area contributed by atoms with Crippen molar-refractivity contribution >= 4 is 53.7 Å². The first-order valence-corrected chi connectivity index (χ1v) is 12.5. The molecule has 2 aliphatic heterocycles. The van der Waals surface area contributed by atoms with E-state index >= 15 is 0 Å². The van der Waals surface area contributed by atoms with Crippen LogP contribution in [-0.4, -0.2) is 58.6 Å². The van der Waals surface area contributed by atoms with Gasteiger partial charge in [-0.15, -0.1) is 0 Å². The average Bonchev–Trinajstić information content (AvgIpc) is 2.41. The number of alkyl halides is 1. The van der Waals surface area contributed by atoms with Crippen LogP contribution in [0.15, 0.2) is 11.3 Å². The molecule has 1 fully saturated rings. The summed E-state index contributed by atoms with van der Waals surface area (Å²) < 4.78 is 17.8. The molecule has 2 rings (SSSR count). The van der Waals surface area contributed by atoms with E-state index in [1.807, 2.05) is 19.6 Å². The first-order chi connectivity index (χ1) is 10.2. The number of carbonyl (C=O) groups is 3. The van der Waals surface area contributed by atoms with Gasteiger partial charge in [-0.2, -0.15) is 0 Å². The number of hydrogen-bond acceptors (Lipinski definition) is 5. The zero-order valence-corrected chi connectivity index (χ0v) is 15.8. The predicted octanol–water partition coefficient (Wildman–Crippen LogP) is 0.0587. The summed E-state index contributed by atoms with van der Waals surface area (Å²) in [7, 11) is -2.13. The smallest absolute Gasteiger partial charge is 0.342 e. The fourth-order valence-electron chi connectivity index (χ4n) is 2.36. The summed E-state index contributed by atoms with van der Waals surface area (Å²) in [6.45, 7) is 5.60. The second kappa shape index (κ2) is 6.34. The van der Waals surface area contributed by atoms with Crippen LogP contribution in [0.3, 0.4) is 0 Å². The van der Waals surface area contributed by atoms with E-state index in [9.17, 15) is 18.9 Å². The van der Waals surface area contributed by atoms with Crippen LogP contribution < -0.4 is 5.32 Å². The molecule has 0 bridgehead atoms. The van der Waals surface area contributed by atoms with Crippen molar-refractivity contribution in [2.45, 2.75) is 31.1 Å². The van der Waals surface area contributed by atoms with E-state index in [2.05, 4.69) is 21.2 Å². The van der Waals surface area contributed by atoms with Crippen molar-refractivity contribution in [1.82, 2.24) is 10.2 Å². The zero-order chi connectivity index (χ0) is 16.7. The van der Waals surface area contributed by atoms with Gasteiger partial charge in [-0.1, -0.05) is 15.9 Å². The van der Waals surface area contributed by atoms with Crippen molar-refractivity contribution in [3.05, 3.63) is 11.3 Å². The van der Waals surface area contributed by atoms with Crippen LogP contribution in [0.4, 0.5) is 0 Å². The van der Waals surface area contributed by atoms with Crippen LogP contribution in [0.5, 0.6) is 0 Å². The third-order valence-corrected chi connectivity index (χ3v) is 6.34. The Morgan fingerprint density at radius 3 is 2.73 bits per heavy atom. The lowest BCUT2D eigenvalue weighted by Crippen LogP contribution is -2.74. The molecule has 0 aromatic carbocycles. The lowest BCUT2D eigenvalue weighted by atomic mass is 10.0. The molecule has 22 heavy (non-hydrogen) atoms. The Labute approximate surface area is 140 Å². The summed E-state index contributed by atoms with van der Waals surface area (Å²) >= 11 is 1.89.